The van der Waals surface area contributed by atoms with Gasteiger partial charge >= 0.3 is 30.9 Å². The molecular formula is C16H18ClMgO6P. The van der Waals surface area contributed by atoms with Crippen molar-refractivity contribution in [1.82, 2.24) is 0 Å². The Hall–Kier alpha value is -1.11. The van der Waals surface area contributed by atoms with Crippen LogP contribution in [-0.4, -0.2) is 36.3 Å². The van der Waals surface area contributed by atoms with Crippen molar-refractivity contribution in [3.05, 3.63) is 48.5 Å². The van der Waals surface area contributed by atoms with Crippen LogP contribution in [0.5, 0.6) is 23.0 Å². The Balaban J connectivity index is 0.00000288. The van der Waals surface area contributed by atoms with Crippen LogP contribution in [0.2, 0.25) is 0 Å². The molecule has 6 nitrogen and oxygen atoms in total. The van der Waals surface area contributed by atoms with E-state index in [-0.39, 0.29) is 47.0 Å². The summed E-state index contributed by atoms with van der Waals surface area (Å²) in [5, 5.41) is 0. The second kappa shape index (κ2) is 11.5. The van der Waals surface area contributed by atoms with Gasteiger partial charge in [-0.3, -0.25) is 0 Å². The molecule has 0 aliphatic heterocycles. The molecule has 0 aromatic heterocycles. The third-order valence-corrected chi connectivity index (χ3v) is 3.57. The van der Waals surface area contributed by atoms with Crippen molar-refractivity contribution < 1.29 is 40.4 Å². The van der Waals surface area contributed by atoms with Gasteiger partial charge < -0.3 is 35.8 Å². The van der Waals surface area contributed by atoms with Crippen LogP contribution in [0.4, 0.5) is 0 Å². The van der Waals surface area contributed by atoms with E-state index in [4.69, 9.17) is 18.5 Å². The topological polar surface area (TPSA) is 77.1 Å². The Bertz CT molecular complexity index is 610. The van der Waals surface area contributed by atoms with Crippen molar-refractivity contribution in [2.75, 3.05) is 13.2 Å². The number of halogens is 1. The van der Waals surface area contributed by atoms with Crippen molar-refractivity contribution in [3.63, 3.8) is 0 Å². The molecule has 132 valence electrons. The van der Waals surface area contributed by atoms with Crippen molar-refractivity contribution >= 4 is 30.9 Å². The standard InChI is InChI=1S/C16H19O6P.ClH.Mg/c1-3-19-13-5-9-15(10-6-13)21-23(17,18)22-16-11-7-14(8-12-16)20-4-2;;/h5-12H,3-4H2,1-2H3,(H,17,18);1H;/q;;+2/p-2. The number of rotatable bonds is 8. The molecule has 0 N–H and O–H groups in total. The van der Waals surface area contributed by atoms with Gasteiger partial charge in [0.05, 0.1) is 13.2 Å². The van der Waals surface area contributed by atoms with Crippen LogP contribution in [0.1, 0.15) is 13.8 Å². The van der Waals surface area contributed by atoms with Gasteiger partial charge in [0.15, 0.2) is 0 Å². The van der Waals surface area contributed by atoms with E-state index < -0.39 is 7.82 Å². The molecule has 0 saturated carbocycles. The average molecular weight is 397 g/mol. The fraction of sp³-hybridized carbons (Fsp3) is 0.250. The number of ether oxygens (including phenoxy) is 2. The van der Waals surface area contributed by atoms with Gasteiger partial charge in [0.2, 0.25) is 0 Å². The van der Waals surface area contributed by atoms with Crippen LogP contribution < -0.4 is 35.8 Å². The molecule has 2 aromatic rings. The zero-order chi connectivity index (χ0) is 16.7. The zero-order valence-electron chi connectivity index (χ0n) is 14.0. The first-order valence-electron chi connectivity index (χ1n) is 7.18. The van der Waals surface area contributed by atoms with Crippen LogP contribution in [0.3, 0.4) is 0 Å². The predicted octanol–water partition coefficient (Wildman–Crippen LogP) is 0.0334. The third-order valence-electron chi connectivity index (χ3n) is 2.70. The fourth-order valence-electron chi connectivity index (χ4n) is 1.80. The van der Waals surface area contributed by atoms with Crippen LogP contribution >= 0.6 is 7.82 Å². The summed E-state index contributed by atoms with van der Waals surface area (Å²) in [7, 11) is -4.53. The molecule has 2 rings (SSSR count). The molecule has 9 heteroatoms. The number of phosphoric acid groups is 1. The second-order valence-corrected chi connectivity index (χ2v) is 5.70. The second-order valence-electron chi connectivity index (χ2n) is 4.44. The summed E-state index contributed by atoms with van der Waals surface area (Å²) in [6, 6.07) is 12.5. The summed E-state index contributed by atoms with van der Waals surface area (Å²) in [6.45, 7) is 4.78. The Morgan fingerprint density at radius 2 is 1.04 bits per heavy atom. The minimum atomic E-state index is -4.53. The quantitative estimate of drug-likeness (QED) is 0.463. The van der Waals surface area contributed by atoms with E-state index in [1.807, 2.05) is 13.8 Å². The third kappa shape index (κ3) is 8.20. The molecule has 0 heterocycles. The average Bonchev–Trinajstić information content (AvgIpc) is 2.51. The summed E-state index contributed by atoms with van der Waals surface area (Å²) >= 11 is 0. The van der Waals surface area contributed by atoms with Crippen molar-refractivity contribution in [1.29, 1.82) is 0 Å². The molecule has 0 aliphatic rings. The van der Waals surface area contributed by atoms with Crippen molar-refractivity contribution in [2.24, 2.45) is 0 Å². The number of benzene rings is 2. The molecule has 0 unspecified atom stereocenters. The van der Waals surface area contributed by atoms with Crippen molar-refractivity contribution in [2.45, 2.75) is 13.8 Å². The van der Waals surface area contributed by atoms with E-state index in [1.54, 1.807) is 24.3 Å². The molecule has 0 radical (unpaired) electrons. The Morgan fingerprint density at radius 3 is 1.32 bits per heavy atom. The van der Waals surface area contributed by atoms with E-state index in [0.29, 0.717) is 24.7 Å². The van der Waals surface area contributed by atoms with E-state index >= 15 is 0 Å². The summed E-state index contributed by atoms with van der Waals surface area (Å²) in [6.07, 6.45) is 0. The van der Waals surface area contributed by atoms with E-state index in [2.05, 4.69) is 0 Å². The molecule has 25 heavy (non-hydrogen) atoms. The van der Waals surface area contributed by atoms with Crippen LogP contribution in [-0.2, 0) is 4.57 Å². The smallest absolute Gasteiger partial charge is 1.00 e. The molecular weight excluding hydrogens is 379 g/mol. The molecule has 0 fully saturated rings. The molecule has 0 atom stereocenters. The number of phosphoric ester groups is 1. The molecule has 0 aliphatic carbocycles. The van der Waals surface area contributed by atoms with Crippen LogP contribution in [0.25, 0.3) is 0 Å². The van der Waals surface area contributed by atoms with Gasteiger partial charge in [0, 0.05) is 0 Å². The Labute approximate surface area is 169 Å². The van der Waals surface area contributed by atoms with Crippen molar-refractivity contribution in [3.8, 4) is 23.0 Å². The van der Waals surface area contributed by atoms with Gasteiger partial charge in [-0.1, -0.05) is 0 Å². The Kier molecular flexibility index (Phi) is 11.0. The number of hydrogen-bond acceptors (Lipinski definition) is 6. The SMILES string of the molecule is CCOc1ccc(OP(=O)([O-])Oc2ccc(OCC)cc2)cc1.[Cl-].[Mg+2]. The van der Waals surface area contributed by atoms with E-state index in [1.165, 1.54) is 24.3 Å². The van der Waals surface area contributed by atoms with E-state index in [9.17, 15) is 9.46 Å². The minimum absolute atomic E-state index is 0. The molecule has 2 aromatic carbocycles. The largest absolute Gasteiger partial charge is 2.00 e. The van der Waals surface area contributed by atoms with Gasteiger partial charge in [-0.05, 0) is 62.4 Å². The maximum atomic E-state index is 11.9. The zero-order valence-corrected chi connectivity index (χ0v) is 17.1. The first-order valence-corrected chi connectivity index (χ1v) is 8.64. The first kappa shape index (κ1) is 23.9. The van der Waals surface area contributed by atoms with E-state index in [0.717, 1.165) is 0 Å². The minimum Gasteiger partial charge on any atom is -1.00 e. The van der Waals surface area contributed by atoms with Gasteiger partial charge in [-0.15, -0.1) is 0 Å². The van der Waals surface area contributed by atoms with Crippen LogP contribution in [0, 0.1) is 0 Å². The Morgan fingerprint density at radius 1 is 0.760 bits per heavy atom. The van der Waals surface area contributed by atoms with Gasteiger partial charge in [-0.2, -0.15) is 0 Å². The molecule has 0 spiro atoms. The molecule has 0 bridgehead atoms. The summed E-state index contributed by atoms with van der Waals surface area (Å²) < 4.78 is 32.3. The number of hydrogen-bond donors (Lipinski definition) is 0. The van der Waals surface area contributed by atoms with Crippen LogP contribution in [0.15, 0.2) is 48.5 Å². The predicted molar refractivity (Wildman–Crippen MR) is 89.8 cm³/mol. The summed E-state index contributed by atoms with van der Waals surface area (Å²) in [5.74, 6) is 1.57. The fourth-order valence-corrected chi connectivity index (χ4v) is 2.60. The van der Waals surface area contributed by atoms with Gasteiger partial charge in [-0.25, -0.2) is 4.57 Å². The summed E-state index contributed by atoms with van der Waals surface area (Å²) in [4.78, 5) is 11.9. The van der Waals surface area contributed by atoms with Gasteiger partial charge in [0.25, 0.3) is 0 Å². The maximum Gasteiger partial charge on any atom is 2.00 e. The maximum absolute atomic E-state index is 11.9. The normalized spacial score (nSPS) is 10.0. The first-order chi connectivity index (χ1) is 11.0. The molecule has 0 amide bonds. The monoisotopic (exact) mass is 396 g/mol. The summed E-state index contributed by atoms with van der Waals surface area (Å²) in [5.41, 5.74) is 0. The molecule has 0 saturated heterocycles. The van der Waals surface area contributed by atoms with Gasteiger partial charge in [0.1, 0.15) is 23.0 Å².